The molecule has 0 spiro atoms. The smallest absolute Gasteiger partial charge is 0.185 e. The predicted molar refractivity (Wildman–Crippen MR) is 136 cm³/mol. The van der Waals surface area contributed by atoms with Gasteiger partial charge in [0.2, 0.25) is 0 Å². The Morgan fingerprint density at radius 1 is 1.17 bits per heavy atom. The maximum Gasteiger partial charge on any atom is 0.185 e. The molecule has 0 heterocycles. The lowest BCUT2D eigenvalue weighted by Gasteiger charge is -2.46. The fourth-order valence-electron chi connectivity index (χ4n) is 6.79. The van der Waals surface area contributed by atoms with Gasteiger partial charge in [0.15, 0.2) is 5.79 Å². The lowest BCUT2D eigenvalue weighted by atomic mass is 9.58. The minimum absolute atomic E-state index is 0.0643. The molecular weight excluding hydrogens is 442 g/mol. The van der Waals surface area contributed by atoms with E-state index >= 15 is 0 Å². The quantitative estimate of drug-likeness (QED) is 0.322. The van der Waals surface area contributed by atoms with Crippen LogP contribution in [0.15, 0.2) is 54.6 Å². The lowest BCUT2D eigenvalue weighted by molar-refractivity contribution is -0.253. The molecule has 6 nitrogen and oxygen atoms in total. The molecule has 0 amide bonds. The van der Waals surface area contributed by atoms with Crippen molar-refractivity contribution < 1.29 is 24.9 Å². The van der Waals surface area contributed by atoms with E-state index in [9.17, 15) is 20.1 Å². The van der Waals surface area contributed by atoms with E-state index in [2.05, 4.69) is 11.9 Å². The Balaban J connectivity index is 1.60. The number of ketones is 1. The van der Waals surface area contributed by atoms with Gasteiger partial charge < -0.3 is 25.4 Å². The number of carbonyl (C=O) groups excluding carboxylic acids is 1. The molecule has 2 saturated carbocycles. The highest BCUT2D eigenvalue weighted by molar-refractivity contribution is 5.89. The third-order valence-electron chi connectivity index (χ3n) is 8.60. The standard InChI is InChI=1S/C29H37NO5/c1-18-26-23(17-31)15-28(27(18,2)3,29(26,34)35-5)25(33)10-9-19-7-6-8-21(11-19)22-12-20(16-30-4)13-24(32)14-22/h6-8,11-14,23,26,30-32,34H,1,9-10,15-17H2,2-5H3/t23-,26-,28-,29-/m1/s1. The zero-order valence-electron chi connectivity index (χ0n) is 21.1. The Labute approximate surface area is 207 Å². The highest BCUT2D eigenvalue weighted by Crippen LogP contribution is 2.73. The van der Waals surface area contributed by atoms with Crippen molar-refractivity contribution in [3.63, 3.8) is 0 Å². The van der Waals surface area contributed by atoms with Crippen molar-refractivity contribution in [3.8, 4) is 16.9 Å². The SMILES string of the molecule is C=C1[C@@H]2[C@@H](CO)C[C@@](C(=O)CCc3cccc(-c4cc(O)cc(CNC)c4)c3)(C1(C)C)[C@]2(O)OC. The van der Waals surface area contributed by atoms with Crippen molar-refractivity contribution in [2.24, 2.45) is 22.7 Å². The second-order valence-electron chi connectivity index (χ2n) is 10.6. The van der Waals surface area contributed by atoms with Gasteiger partial charge in [-0.1, -0.05) is 50.3 Å². The molecule has 4 rings (SSSR count). The highest BCUT2D eigenvalue weighted by Gasteiger charge is 2.79. The minimum atomic E-state index is -1.68. The number of hydrogen-bond acceptors (Lipinski definition) is 6. The van der Waals surface area contributed by atoms with Gasteiger partial charge in [-0.2, -0.15) is 0 Å². The number of Topliss-reactive ketones (excluding diaryl/α,β-unsaturated/α-hetero) is 1. The molecule has 2 aliphatic carbocycles. The number of aromatic hydroxyl groups is 1. The fourth-order valence-corrected chi connectivity index (χ4v) is 6.79. The van der Waals surface area contributed by atoms with Crippen molar-refractivity contribution in [1.82, 2.24) is 5.32 Å². The molecule has 0 saturated heterocycles. The summed E-state index contributed by atoms with van der Waals surface area (Å²) in [6, 6.07) is 13.5. The molecule has 2 aromatic rings. The maximum absolute atomic E-state index is 13.9. The van der Waals surface area contributed by atoms with Crippen molar-refractivity contribution in [1.29, 1.82) is 0 Å². The number of phenolic OH excluding ortho intramolecular Hbond substituents is 1. The summed E-state index contributed by atoms with van der Waals surface area (Å²) < 4.78 is 5.65. The number of aliphatic hydroxyl groups excluding tert-OH is 1. The zero-order valence-corrected chi connectivity index (χ0v) is 21.1. The molecule has 0 radical (unpaired) electrons. The monoisotopic (exact) mass is 479 g/mol. The van der Waals surface area contributed by atoms with Crippen LogP contribution in [-0.4, -0.2) is 47.7 Å². The number of carbonyl (C=O) groups is 1. The van der Waals surface area contributed by atoms with Crippen LogP contribution in [0.5, 0.6) is 5.75 Å². The van der Waals surface area contributed by atoms with Crippen LogP contribution in [-0.2, 0) is 22.5 Å². The molecule has 4 atom stereocenters. The normalized spacial score (nSPS) is 29.0. The van der Waals surface area contributed by atoms with Gasteiger partial charge in [-0.3, -0.25) is 4.79 Å². The Kier molecular flexibility index (Phi) is 6.70. The first-order valence-electron chi connectivity index (χ1n) is 12.2. The van der Waals surface area contributed by atoms with E-state index in [0.717, 1.165) is 27.8 Å². The molecule has 0 aliphatic heterocycles. The summed E-state index contributed by atoms with van der Waals surface area (Å²) in [6.45, 7) is 8.66. The van der Waals surface area contributed by atoms with Crippen LogP contribution in [0.2, 0.25) is 0 Å². The number of phenols is 1. The summed E-state index contributed by atoms with van der Waals surface area (Å²) in [6.07, 6.45) is 1.12. The predicted octanol–water partition coefficient (Wildman–Crippen LogP) is 3.83. The average molecular weight is 480 g/mol. The summed E-state index contributed by atoms with van der Waals surface area (Å²) >= 11 is 0. The Morgan fingerprint density at radius 2 is 1.89 bits per heavy atom. The minimum Gasteiger partial charge on any atom is -0.508 e. The van der Waals surface area contributed by atoms with E-state index < -0.39 is 22.5 Å². The van der Waals surface area contributed by atoms with Gasteiger partial charge in [0.05, 0.1) is 5.41 Å². The largest absolute Gasteiger partial charge is 0.508 e. The molecule has 2 fully saturated rings. The summed E-state index contributed by atoms with van der Waals surface area (Å²) in [5.74, 6) is -2.26. The Morgan fingerprint density at radius 3 is 2.54 bits per heavy atom. The molecular formula is C29H37NO5. The molecule has 4 N–H and O–H groups in total. The molecule has 6 heteroatoms. The van der Waals surface area contributed by atoms with Gasteiger partial charge in [0.25, 0.3) is 0 Å². The van der Waals surface area contributed by atoms with Gasteiger partial charge >= 0.3 is 0 Å². The summed E-state index contributed by atoms with van der Waals surface area (Å²) in [5.41, 5.74) is 2.81. The van der Waals surface area contributed by atoms with Crippen LogP contribution < -0.4 is 5.32 Å². The summed E-state index contributed by atoms with van der Waals surface area (Å²) in [5, 5.41) is 34.9. The van der Waals surface area contributed by atoms with E-state index in [1.54, 1.807) is 12.1 Å². The van der Waals surface area contributed by atoms with Crippen molar-refractivity contribution in [2.75, 3.05) is 20.8 Å². The van der Waals surface area contributed by atoms with Crippen LogP contribution in [0.1, 0.15) is 37.8 Å². The zero-order chi connectivity index (χ0) is 25.6. The average Bonchev–Trinajstić information content (AvgIpc) is 3.18. The summed E-state index contributed by atoms with van der Waals surface area (Å²) in [4.78, 5) is 13.9. The number of rotatable bonds is 9. The number of aryl methyl sites for hydroxylation is 1. The van der Waals surface area contributed by atoms with E-state index in [-0.39, 0.29) is 30.5 Å². The molecule has 188 valence electrons. The van der Waals surface area contributed by atoms with Crippen LogP contribution in [0.4, 0.5) is 0 Å². The molecule has 0 aromatic heterocycles. The van der Waals surface area contributed by atoms with E-state index in [1.165, 1.54) is 7.11 Å². The third-order valence-corrected chi connectivity index (χ3v) is 8.60. The Bertz CT molecular complexity index is 1140. The molecule has 2 aromatic carbocycles. The number of methoxy groups -OCH3 is 1. The number of benzene rings is 2. The van der Waals surface area contributed by atoms with Crippen LogP contribution in [0.3, 0.4) is 0 Å². The van der Waals surface area contributed by atoms with E-state index in [0.29, 0.717) is 19.4 Å². The Hall–Kier alpha value is -2.51. The van der Waals surface area contributed by atoms with Crippen molar-refractivity contribution in [2.45, 2.75) is 45.4 Å². The van der Waals surface area contributed by atoms with Gasteiger partial charge in [-0.25, -0.2) is 0 Å². The lowest BCUT2D eigenvalue weighted by Crippen LogP contribution is -2.55. The molecule has 0 unspecified atom stereocenters. The maximum atomic E-state index is 13.9. The summed E-state index contributed by atoms with van der Waals surface area (Å²) in [7, 11) is 3.30. The first kappa shape index (κ1) is 25.6. The van der Waals surface area contributed by atoms with Crippen LogP contribution >= 0.6 is 0 Å². The van der Waals surface area contributed by atoms with Crippen LogP contribution in [0.25, 0.3) is 11.1 Å². The molecule has 2 bridgehead atoms. The highest BCUT2D eigenvalue weighted by atomic mass is 16.6. The third kappa shape index (κ3) is 3.75. The molecule has 2 aliphatic rings. The number of nitrogens with one attached hydrogen (secondary N) is 1. The van der Waals surface area contributed by atoms with Gasteiger partial charge in [-0.05, 0) is 66.3 Å². The first-order chi connectivity index (χ1) is 16.6. The van der Waals surface area contributed by atoms with E-state index in [4.69, 9.17) is 4.74 Å². The van der Waals surface area contributed by atoms with Gasteiger partial charge in [0, 0.05) is 38.0 Å². The topological polar surface area (TPSA) is 99.0 Å². The van der Waals surface area contributed by atoms with Crippen LogP contribution in [0, 0.1) is 22.7 Å². The van der Waals surface area contributed by atoms with Crippen molar-refractivity contribution >= 4 is 5.78 Å². The first-order valence-corrected chi connectivity index (χ1v) is 12.2. The van der Waals surface area contributed by atoms with Crippen molar-refractivity contribution in [3.05, 3.63) is 65.7 Å². The van der Waals surface area contributed by atoms with E-state index in [1.807, 2.05) is 51.2 Å². The number of ether oxygens (including phenoxy) is 1. The molecule has 35 heavy (non-hydrogen) atoms. The number of fused-ring (bicyclic) bond motifs is 2. The second-order valence-corrected chi connectivity index (χ2v) is 10.6. The van der Waals surface area contributed by atoms with Gasteiger partial charge in [-0.15, -0.1) is 0 Å². The number of hydrogen-bond donors (Lipinski definition) is 4. The second kappa shape index (κ2) is 9.17. The number of aliphatic hydroxyl groups is 2. The fraction of sp³-hybridized carbons (Fsp3) is 0.483. The van der Waals surface area contributed by atoms with Gasteiger partial charge in [0.1, 0.15) is 11.5 Å².